The maximum atomic E-state index is 11.9. The fraction of sp³-hybridized carbons (Fsp3) is 0.267. The Bertz CT molecular complexity index is 567. The molecule has 1 heterocycles. The SMILES string of the molecule is CCn1cc(N)cc1C(=O)OCCSc1ccccc1. The molecule has 0 radical (unpaired) electrons. The van der Waals surface area contributed by atoms with Crippen LogP contribution in [0.1, 0.15) is 17.4 Å². The van der Waals surface area contributed by atoms with Crippen molar-refractivity contribution < 1.29 is 9.53 Å². The van der Waals surface area contributed by atoms with Crippen LogP contribution in [0.5, 0.6) is 0 Å². The first kappa shape index (κ1) is 14.5. The summed E-state index contributed by atoms with van der Waals surface area (Å²) in [5, 5.41) is 0. The Morgan fingerprint density at radius 2 is 2.10 bits per heavy atom. The average Bonchev–Trinajstić information content (AvgIpc) is 2.86. The summed E-state index contributed by atoms with van der Waals surface area (Å²) in [6.07, 6.45) is 1.75. The van der Waals surface area contributed by atoms with Gasteiger partial charge in [0.1, 0.15) is 12.3 Å². The minimum atomic E-state index is -0.322. The highest BCUT2D eigenvalue weighted by Crippen LogP contribution is 2.17. The van der Waals surface area contributed by atoms with Crippen LogP contribution < -0.4 is 5.73 Å². The zero-order valence-corrected chi connectivity index (χ0v) is 12.2. The number of carbonyl (C=O) groups excluding carboxylic acids is 1. The number of aryl methyl sites for hydroxylation is 1. The molecule has 2 aromatic rings. The van der Waals surface area contributed by atoms with Crippen LogP contribution in [-0.2, 0) is 11.3 Å². The van der Waals surface area contributed by atoms with Crippen molar-refractivity contribution in [2.45, 2.75) is 18.4 Å². The molecule has 2 rings (SSSR count). The Morgan fingerprint density at radius 3 is 2.80 bits per heavy atom. The van der Waals surface area contributed by atoms with E-state index in [1.54, 1.807) is 28.6 Å². The normalized spacial score (nSPS) is 10.4. The predicted molar refractivity (Wildman–Crippen MR) is 82.0 cm³/mol. The number of hydrogen-bond donors (Lipinski definition) is 1. The number of ether oxygens (including phenoxy) is 1. The molecule has 5 heteroatoms. The van der Waals surface area contributed by atoms with Crippen molar-refractivity contribution in [2.24, 2.45) is 0 Å². The van der Waals surface area contributed by atoms with Crippen molar-refractivity contribution in [1.82, 2.24) is 4.57 Å². The van der Waals surface area contributed by atoms with Gasteiger partial charge in [-0.3, -0.25) is 0 Å². The number of anilines is 1. The summed E-state index contributed by atoms with van der Waals surface area (Å²) in [5.41, 5.74) is 6.78. The van der Waals surface area contributed by atoms with Crippen molar-refractivity contribution in [2.75, 3.05) is 18.1 Å². The van der Waals surface area contributed by atoms with Crippen LogP contribution in [0.4, 0.5) is 5.69 Å². The van der Waals surface area contributed by atoms with Crippen molar-refractivity contribution in [3.05, 3.63) is 48.3 Å². The van der Waals surface area contributed by atoms with Crippen LogP contribution in [0.25, 0.3) is 0 Å². The van der Waals surface area contributed by atoms with E-state index in [4.69, 9.17) is 10.5 Å². The molecular weight excluding hydrogens is 272 g/mol. The van der Waals surface area contributed by atoms with Gasteiger partial charge in [-0.05, 0) is 25.1 Å². The summed E-state index contributed by atoms with van der Waals surface area (Å²) in [5.74, 6) is 0.412. The van der Waals surface area contributed by atoms with E-state index < -0.39 is 0 Å². The molecule has 0 aliphatic carbocycles. The van der Waals surface area contributed by atoms with E-state index in [2.05, 4.69) is 0 Å². The van der Waals surface area contributed by atoms with Gasteiger partial charge in [0.25, 0.3) is 0 Å². The van der Waals surface area contributed by atoms with Crippen LogP contribution in [0.3, 0.4) is 0 Å². The Hall–Kier alpha value is -1.88. The second-order valence-electron chi connectivity index (χ2n) is 4.24. The number of nitrogens with zero attached hydrogens (tertiary/aromatic N) is 1. The van der Waals surface area contributed by atoms with E-state index in [1.165, 1.54) is 4.90 Å². The monoisotopic (exact) mass is 290 g/mol. The quantitative estimate of drug-likeness (QED) is 0.505. The number of esters is 1. The number of rotatable bonds is 6. The number of nitrogen functional groups attached to an aromatic ring is 1. The van der Waals surface area contributed by atoms with E-state index >= 15 is 0 Å². The van der Waals surface area contributed by atoms with Crippen molar-refractivity contribution >= 4 is 23.4 Å². The highest BCUT2D eigenvalue weighted by Gasteiger charge is 2.13. The van der Waals surface area contributed by atoms with E-state index in [-0.39, 0.29) is 5.97 Å². The minimum absolute atomic E-state index is 0.322. The van der Waals surface area contributed by atoms with Gasteiger partial charge < -0.3 is 15.0 Å². The van der Waals surface area contributed by atoms with E-state index in [9.17, 15) is 4.79 Å². The number of nitrogens with two attached hydrogens (primary N) is 1. The number of carbonyl (C=O) groups is 1. The first-order valence-corrected chi connectivity index (χ1v) is 7.50. The molecule has 0 bridgehead atoms. The van der Waals surface area contributed by atoms with Gasteiger partial charge in [-0.15, -0.1) is 11.8 Å². The fourth-order valence-corrected chi connectivity index (χ4v) is 2.60. The summed E-state index contributed by atoms with van der Waals surface area (Å²) >= 11 is 1.66. The van der Waals surface area contributed by atoms with Gasteiger partial charge >= 0.3 is 5.97 Å². The molecule has 0 aliphatic rings. The summed E-state index contributed by atoms with van der Waals surface area (Å²) in [6, 6.07) is 11.7. The molecule has 106 valence electrons. The van der Waals surface area contributed by atoms with Crippen LogP contribution in [0.15, 0.2) is 47.5 Å². The molecule has 0 spiro atoms. The Balaban J connectivity index is 1.80. The second-order valence-corrected chi connectivity index (χ2v) is 5.41. The van der Waals surface area contributed by atoms with Gasteiger partial charge in [0, 0.05) is 23.4 Å². The zero-order valence-electron chi connectivity index (χ0n) is 11.4. The first-order valence-electron chi connectivity index (χ1n) is 6.51. The average molecular weight is 290 g/mol. The molecule has 20 heavy (non-hydrogen) atoms. The fourth-order valence-electron chi connectivity index (χ4n) is 1.85. The molecule has 0 saturated heterocycles. The third-order valence-corrected chi connectivity index (χ3v) is 3.77. The smallest absolute Gasteiger partial charge is 0.355 e. The molecule has 1 aromatic carbocycles. The van der Waals surface area contributed by atoms with E-state index in [0.29, 0.717) is 24.5 Å². The number of hydrogen-bond acceptors (Lipinski definition) is 4. The largest absolute Gasteiger partial charge is 0.460 e. The lowest BCUT2D eigenvalue weighted by Crippen LogP contribution is -2.12. The molecule has 0 fully saturated rings. The number of aromatic nitrogens is 1. The summed E-state index contributed by atoms with van der Waals surface area (Å²) in [6.45, 7) is 3.04. The van der Waals surface area contributed by atoms with E-state index in [0.717, 1.165) is 5.75 Å². The number of benzene rings is 1. The van der Waals surface area contributed by atoms with Gasteiger partial charge in [0.15, 0.2) is 0 Å². The highest BCUT2D eigenvalue weighted by atomic mass is 32.2. The first-order chi connectivity index (χ1) is 9.70. The van der Waals surface area contributed by atoms with Crippen molar-refractivity contribution in [3.8, 4) is 0 Å². The third kappa shape index (κ3) is 3.81. The molecule has 0 aliphatic heterocycles. The molecule has 0 unspecified atom stereocenters. The molecule has 1 aromatic heterocycles. The van der Waals surface area contributed by atoms with Crippen LogP contribution in [0.2, 0.25) is 0 Å². The maximum absolute atomic E-state index is 11.9. The Morgan fingerprint density at radius 1 is 1.35 bits per heavy atom. The second kappa shape index (κ2) is 7.05. The molecule has 0 atom stereocenters. The van der Waals surface area contributed by atoms with Crippen LogP contribution in [-0.4, -0.2) is 22.9 Å². The minimum Gasteiger partial charge on any atom is -0.460 e. The van der Waals surface area contributed by atoms with Crippen LogP contribution >= 0.6 is 11.8 Å². The molecule has 0 saturated carbocycles. The predicted octanol–water partition coefficient (Wildman–Crippen LogP) is 3.04. The lowest BCUT2D eigenvalue weighted by Gasteiger charge is -2.07. The molecule has 2 N–H and O–H groups in total. The topological polar surface area (TPSA) is 57.2 Å². The molecular formula is C15H18N2O2S. The molecule has 0 amide bonds. The van der Waals surface area contributed by atoms with Crippen molar-refractivity contribution in [1.29, 1.82) is 0 Å². The Kier molecular flexibility index (Phi) is 5.12. The summed E-state index contributed by atoms with van der Waals surface area (Å²) < 4.78 is 7.06. The lowest BCUT2D eigenvalue weighted by molar-refractivity contribution is 0.0518. The summed E-state index contributed by atoms with van der Waals surface area (Å²) in [7, 11) is 0. The standard InChI is InChI=1S/C15H18N2O2S/c1-2-17-11-12(16)10-14(17)15(18)19-8-9-20-13-6-4-3-5-7-13/h3-7,10-11H,2,8-9,16H2,1H3. The van der Waals surface area contributed by atoms with Gasteiger partial charge in [0.05, 0.1) is 5.69 Å². The Labute approximate surface area is 122 Å². The summed E-state index contributed by atoms with van der Waals surface area (Å²) in [4.78, 5) is 13.1. The maximum Gasteiger partial charge on any atom is 0.355 e. The highest BCUT2D eigenvalue weighted by molar-refractivity contribution is 7.99. The lowest BCUT2D eigenvalue weighted by atomic mass is 10.4. The van der Waals surface area contributed by atoms with Crippen molar-refractivity contribution in [3.63, 3.8) is 0 Å². The van der Waals surface area contributed by atoms with Gasteiger partial charge in [-0.25, -0.2) is 4.79 Å². The third-order valence-electron chi connectivity index (χ3n) is 2.80. The van der Waals surface area contributed by atoms with Gasteiger partial charge in [0.2, 0.25) is 0 Å². The zero-order chi connectivity index (χ0) is 14.4. The van der Waals surface area contributed by atoms with Gasteiger partial charge in [-0.2, -0.15) is 0 Å². The van der Waals surface area contributed by atoms with Crippen LogP contribution in [0, 0.1) is 0 Å². The number of thioether (sulfide) groups is 1. The van der Waals surface area contributed by atoms with E-state index in [1.807, 2.05) is 37.3 Å². The van der Waals surface area contributed by atoms with Gasteiger partial charge in [-0.1, -0.05) is 18.2 Å². The molecule has 4 nitrogen and oxygen atoms in total.